The maximum absolute atomic E-state index is 12.9. The smallest absolute Gasteiger partial charge is 0.166 e. The van der Waals surface area contributed by atoms with Gasteiger partial charge in [-0.1, -0.05) is 62.2 Å². The highest BCUT2D eigenvalue weighted by Gasteiger charge is 2.33. The Hall–Kier alpha value is -0.810. The summed E-state index contributed by atoms with van der Waals surface area (Å²) in [6.45, 7) is 2.00. The van der Waals surface area contributed by atoms with E-state index >= 15 is 0 Å². The molecular weight excluding hydrogens is 409 g/mol. The number of alkyl halides is 4. The van der Waals surface area contributed by atoms with Gasteiger partial charge < -0.3 is 0 Å². The van der Waals surface area contributed by atoms with Crippen LogP contribution in [0, 0.1) is 6.92 Å². The van der Waals surface area contributed by atoms with E-state index in [2.05, 4.69) is 31.9 Å². The van der Waals surface area contributed by atoms with E-state index in [1.807, 2.05) is 31.2 Å². The van der Waals surface area contributed by atoms with Crippen LogP contribution in [0.5, 0.6) is 0 Å². The Morgan fingerprint density at radius 1 is 1.10 bits per heavy atom. The molecule has 112 valence electrons. The van der Waals surface area contributed by atoms with Gasteiger partial charge in [0.2, 0.25) is 0 Å². The first-order valence-electron chi connectivity index (χ1n) is 6.34. The summed E-state index contributed by atoms with van der Waals surface area (Å²) in [6.07, 6.45) is -3.71. The summed E-state index contributed by atoms with van der Waals surface area (Å²) in [7, 11) is 0. The zero-order chi connectivity index (χ0) is 15.6. The Morgan fingerprint density at radius 2 is 1.76 bits per heavy atom. The molecule has 0 heterocycles. The van der Waals surface area contributed by atoms with Gasteiger partial charge in [0.05, 0.1) is 5.56 Å². The molecule has 0 aromatic heterocycles. The molecule has 0 spiro atoms. The van der Waals surface area contributed by atoms with Crippen molar-refractivity contribution in [2.24, 2.45) is 0 Å². The first-order chi connectivity index (χ1) is 9.79. The van der Waals surface area contributed by atoms with Crippen molar-refractivity contribution < 1.29 is 13.2 Å². The maximum atomic E-state index is 12.9. The molecule has 0 aliphatic rings. The van der Waals surface area contributed by atoms with Crippen LogP contribution in [0.25, 0.3) is 0 Å². The zero-order valence-electron chi connectivity index (χ0n) is 11.2. The van der Waals surface area contributed by atoms with Gasteiger partial charge in [-0.3, -0.25) is 0 Å². The standard InChI is InChI=1S/C16H13Br2F3/c1-10-4-2-3-5-11(10)9-15(18)12-6-7-14(17)13(8-12)16(19,20)21/h2-8,15H,9H2,1H3. The van der Waals surface area contributed by atoms with Crippen molar-refractivity contribution in [3.63, 3.8) is 0 Å². The van der Waals surface area contributed by atoms with Crippen molar-refractivity contribution in [2.45, 2.75) is 24.3 Å². The molecule has 0 saturated carbocycles. The molecule has 21 heavy (non-hydrogen) atoms. The van der Waals surface area contributed by atoms with Gasteiger partial charge in [0.15, 0.2) is 0 Å². The lowest BCUT2D eigenvalue weighted by atomic mass is 9.99. The summed E-state index contributed by atoms with van der Waals surface area (Å²) in [5, 5.41) is 0. The fourth-order valence-corrected chi connectivity index (χ4v) is 3.21. The Morgan fingerprint density at radius 3 is 2.38 bits per heavy atom. The molecule has 0 aliphatic heterocycles. The van der Waals surface area contributed by atoms with Crippen LogP contribution in [0.4, 0.5) is 13.2 Å². The Bertz CT molecular complexity index is 636. The SMILES string of the molecule is Cc1ccccc1CC(Br)c1ccc(Br)c(C(F)(F)F)c1. The van der Waals surface area contributed by atoms with Crippen molar-refractivity contribution in [1.82, 2.24) is 0 Å². The molecule has 0 nitrogen and oxygen atoms in total. The predicted octanol–water partition coefficient (Wildman–Crippen LogP) is 6.46. The van der Waals surface area contributed by atoms with Crippen molar-refractivity contribution in [1.29, 1.82) is 0 Å². The zero-order valence-corrected chi connectivity index (χ0v) is 14.4. The van der Waals surface area contributed by atoms with E-state index in [1.54, 1.807) is 6.07 Å². The number of hydrogen-bond donors (Lipinski definition) is 0. The Labute approximate surface area is 138 Å². The van der Waals surface area contributed by atoms with Crippen LogP contribution in [0.1, 0.15) is 27.1 Å². The molecule has 1 unspecified atom stereocenters. The lowest BCUT2D eigenvalue weighted by Crippen LogP contribution is -2.08. The second kappa shape index (κ2) is 6.53. The average Bonchev–Trinajstić information content (AvgIpc) is 2.40. The van der Waals surface area contributed by atoms with Gasteiger partial charge in [-0.25, -0.2) is 0 Å². The van der Waals surface area contributed by atoms with Gasteiger partial charge in [-0.05, 0) is 42.2 Å². The van der Waals surface area contributed by atoms with E-state index < -0.39 is 11.7 Å². The van der Waals surface area contributed by atoms with Crippen LogP contribution in [0.2, 0.25) is 0 Å². The quantitative estimate of drug-likeness (QED) is 0.499. The topological polar surface area (TPSA) is 0 Å². The van der Waals surface area contributed by atoms with E-state index in [1.165, 1.54) is 12.1 Å². The van der Waals surface area contributed by atoms with Gasteiger partial charge in [-0.15, -0.1) is 0 Å². The second-order valence-electron chi connectivity index (χ2n) is 4.84. The average molecular weight is 422 g/mol. The van der Waals surface area contributed by atoms with E-state index in [0.717, 1.165) is 11.1 Å². The summed E-state index contributed by atoms with van der Waals surface area (Å²) in [6, 6.07) is 12.2. The molecule has 0 radical (unpaired) electrons. The van der Waals surface area contributed by atoms with Gasteiger partial charge in [0.1, 0.15) is 0 Å². The van der Waals surface area contributed by atoms with E-state index in [-0.39, 0.29) is 9.30 Å². The highest BCUT2D eigenvalue weighted by molar-refractivity contribution is 9.10. The van der Waals surface area contributed by atoms with E-state index in [4.69, 9.17) is 0 Å². The molecule has 0 aliphatic carbocycles. The van der Waals surface area contributed by atoms with Gasteiger partial charge in [0.25, 0.3) is 0 Å². The van der Waals surface area contributed by atoms with Crippen molar-refractivity contribution in [3.05, 3.63) is 69.2 Å². The largest absolute Gasteiger partial charge is 0.417 e. The van der Waals surface area contributed by atoms with Gasteiger partial charge >= 0.3 is 6.18 Å². The minimum Gasteiger partial charge on any atom is -0.166 e. The number of benzene rings is 2. The Balaban J connectivity index is 2.28. The van der Waals surface area contributed by atoms with Crippen LogP contribution in [-0.2, 0) is 12.6 Å². The third-order valence-corrected chi connectivity index (χ3v) is 4.86. The normalized spacial score (nSPS) is 13.2. The van der Waals surface area contributed by atoms with Crippen LogP contribution >= 0.6 is 31.9 Å². The molecule has 0 bridgehead atoms. The summed E-state index contributed by atoms with van der Waals surface area (Å²) in [5.41, 5.74) is 2.23. The Kier molecular flexibility index (Phi) is 5.15. The molecule has 5 heteroatoms. The molecular formula is C16H13Br2F3. The molecule has 2 rings (SSSR count). The molecule has 0 fully saturated rings. The molecule has 0 saturated heterocycles. The first-order valence-corrected chi connectivity index (χ1v) is 8.05. The minimum absolute atomic E-state index is 0.0642. The van der Waals surface area contributed by atoms with Crippen LogP contribution < -0.4 is 0 Å². The third-order valence-electron chi connectivity index (χ3n) is 3.32. The van der Waals surface area contributed by atoms with Gasteiger partial charge in [0, 0.05) is 9.30 Å². The van der Waals surface area contributed by atoms with Crippen molar-refractivity contribution >= 4 is 31.9 Å². The molecule has 0 amide bonds. The number of rotatable bonds is 3. The maximum Gasteiger partial charge on any atom is 0.417 e. The molecule has 1 atom stereocenters. The lowest BCUT2D eigenvalue weighted by molar-refractivity contribution is -0.138. The monoisotopic (exact) mass is 420 g/mol. The predicted molar refractivity (Wildman–Crippen MR) is 85.7 cm³/mol. The van der Waals surface area contributed by atoms with Crippen LogP contribution in [0.3, 0.4) is 0 Å². The van der Waals surface area contributed by atoms with E-state index in [9.17, 15) is 13.2 Å². The van der Waals surface area contributed by atoms with Crippen molar-refractivity contribution in [3.8, 4) is 0 Å². The molecule has 2 aromatic carbocycles. The first kappa shape index (κ1) is 16.6. The minimum atomic E-state index is -4.36. The number of hydrogen-bond acceptors (Lipinski definition) is 0. The molecule has 0 N–H and O–H groups in total. The second-order valence-corrected chi connectivity index (χ2v) is 6.79. The van der Waals surface area contributed by atoms with Crippen molar-refractivity contribution in [2.75, 3.05) is 0 Å². The number of halogens is 5. The number of aryl methyl sites for hydroxylation is 1. The van der Waals surface area contributed by atoms with Crippen LogP contribution in [0.15, 0.2) is 46.9 Å². The summed E-state index contributed by atoms with van der Waals surface area (Å²) in [5.74, 6) is 0. The summed E-state index contributed by atoms with van der Waals surface area (Å²) < 4.78 is 38.9. The highest BCUT2D eigenvalue weighted by atomic mass is 79.9. The van der Waals surface area contributed by atoms with Gasteiger partial charge in [-0.2, -0.15) is 13.2 Å². The third kappa shape index (κ3) is 4.10. The fraction of sp³-hybridized carbons (Fsp3) is 0.250. The highest BCUT2D eigenvalue weighted by Crippen LogP contribution is 2.38. The van der Waals surface area contributed by atoms with E-state index in [0.29, 0.717) is 12.0 Å². The van der Waals surface area contributed by atoms with Crippen LogP contribution in [-0.4, -0.2) is 0 Å². The summed E-state index contributed by atoms with van der Waals surface area (Å²) in [4.78, 5) is -0.159. The molecule has 2 aromatic rings. The fourth-order valence-electron chi connectivity index (χ4n) is 2.11. The summed E-state index contributed by atoms with van der Waals surface area (Å²) >= 11 is 6.46. The lowest BCUT2D eigenvalue weighted by Gasteiger charge is -2.15.